The molecule has 60 valence electrons. The number of hydrogen-bond donors (Lipinski definition) is 1. The first-order valence-corrected chi connectivity index (χ1v) is 2.75. The molecule has 0 heterocycles. The smallest absolute Gasteiger partial charge is 0.409 e. The van der Waals surface area contributed by atoms with Crippen LogP contribution in [-0.2, 0) is 4.74 Å². The number of ether oxygens (including phenoxy) is 1. The predicted molar refractivity (Wildman–Crippen MR) is 32.6 cm³/mol. The van der Waals surface area contributed by atoms with Crippen LogP contribution >= 0.6 is 0 Å². The zero-order chi connectivity index (χ0) is 7.98. The minimum absolute atomic E-state index is 0.0841. The Labute approximate surface area is 58.2 Å². The Morgan fingerprint density at radius 2 is 2.40 bits per heavy atom. The Hall–Kier alpha value is -0.840. The van der Waals surface area contributed by atoms with Gasteiger partial charge in [0.05, 0.1) is 6.54 Å². The maximum atomic E-state index is 11.6. The van der Waals surface area contributed by atoms with Gasteiger partial charge in [-0.1, -0.05) is 0 Å². The van der Waals surface area contributed by atoms with Gasteiger partial charge in [-0.25, -0.2) is 9.18 Å². The molecule has 0 rings (SSSR count). The molecule has 1 N–H and O–H groups in total. The van der Waals surface area contributed by atoms with E-state index in [0.717, 1.165) is 4.90 Å². The van der Waals surface area contributed by atoms with Gasteiger partial charge in [-0.2, -0.15) is 0 Å². The molecule has 0 bridgehead atoms. The molecular weight excluding hydrogens is 141 g/mol. The molecular formula is C5H10FNO3. The molecule has 0 unspecified atom stereocenters. The van der Waals surface area contributed by atoms with Crippen LogP contribution in [0.5, 0.6) is 0 Å². The van der Waals surface area contributed by atoms with Crippen LogP contribution in [0.2, 0.25) is 0 Å². The van der Waals surface area contributed by atoms with Crippen molar-refractivity contribution in [3.05, 3.63) is 0 Å². The Morgan fingerprint density at radius 3 is 2.70 bits per heavy atom. The average molecular weight is 151 g/mol. The molecule has 1 amide bonds. The van der Waals surface area contributed by atoms with Gasteiger partial charge >= 0.3 is 6.09 Å². The van der Waals surface area contributed by atoms with Crippen LogP contribution in [0.15, 0.2) is 0 Å². The molecule has 0 spiro atoms. The fourth-order valence-corrected chi connectivity index (χ4v) is 0.473. The maximum Gasteiger partial charge on any atom is 0.409 e. The lowest BCUT2D eigenvalue weighted by molar-refractivity contribution is 0.0566. The number of carbonyl (C=O) groups is 1. The second-order valence-electron chi connectivity index (χ2n) is 1.65. The van der Waals surface area contributed by atoms with E-state index in [4.69, 9.17) is 5.11 Å². The summed E-state index contributed by atoms with van der Waals surface area (Å²) in [5.41, 5.74) is 0. The van der Waals surface area contributed by atoms with Crippen LogP contribution in [0.1, 0.15) is 0 Å². The van der Waals surface area contributed by atoms with Crippen molar-refractivity contribution in [2.24, 2.45) is 0 Å². The summed E-state index contributed by atoms with van der Waals surface area (Å²) < 4.78 is 16.1. The minimum atomic E-state index is -1.17. The van der Waals surface area contributed by atoms with Crippen molar-refractivity contribution in [3.63, 3.8) is 0 Å². The van der Waals surface area contributed by atoms with Crippen molar-refractivity contribution < 1.29 is 19.0 Å². The van der Waals surface area contributed by atoms with E-state index in [2.05, 4.69) is 4.74 Å². The molecule has 10 heavy (non-hydrogen) atoms. The summed E-state index contributed by atoms with van der Waals surface area (Å²) in [5.74, 6) is 0. The third-order valence-electron chi connectivity index (χ3n) is 0.910. The van der Waals surface area contributed by atoms with E-state index in [0.29, 0.717) is 0 Å². The van der Waals surface area contributed by atoms with Crippen molar-refractivity contribution in [1.82, 2.24) is 4.90 Å². The van der Waals surface area contributed by atoms with Gasteiger partial charge in [0, 0.05) is 7.11 Å². The third-order valence-corrected chi connectivity index (χ3v) is 0.910. The number of nitrogens with zero attached hydrogens (tertiary/aromatic N) is 1. The van der Waals surface area contributed by atoms with E-state index < -0.39 is 12.8 Å². The number of alkyl halides is 1. The van der Waals surface area contributed by atoms with Crippen LogP contribution in [0.3, 0.4) is 0 Å². The molecule has 0 aliphatic carbocycles. The summed E-state index contributed by atoms with van der Waals surface area (Å²) in [6.45, 7) is -0.905. The maximum absolute atomic E-state index is 11.6. The minimum Gasteiger partial charge on any atom is -0.465 e. The van der Waals surface area contributed by atoms with Gasteiger partial charge in [0.15, 0.2) is 0 Å². The number of halogens is 1. The molecule has 0 aromatic carbocycles. The van der Waals surface area contributed by atoms with E-state index in [1.54, 1.807) is 0 Å². The fourth-order valence-electron chi connectivity index (χ4n) is 0.473. The van der Waals surface area contributed by atoms with Crippen molar-refractivity contribution in [3.8, 4) is 0 Å². The lowest BCUT2D eigenvalue weighted by Crippen LogP contribution is -2.33. The van der Waals surface area contributed by atoms with E-state index in [1.807, 2.05) is 0 Å². The molecule has 0 atom stereocenters. The lowest BCUT2D eigenvalue weighted by Gasteiger charge is -2.15. The molecule has 0 aromatic rings. The van der Waals surface area contributed by atoms with Crippen molar-refractivity contribution in [1.29, 1.82) is 0 Å². The van der Waals surface area contributed by atoms with Gasteiger partial charge in [-0.05, 0) is 0 Å². The Bertz CT molecular complexity index is 103. The van der Waals surface area contributed by atoms with Crippen LogP contribution in [0.4, 0.5) is 9.18 Å². The molecule has 0 aliphatic rings. The number of amides is 1. The first-order chi connectivity index (χ1) is 4.72. The highest BCUT2D eigenvalue weighted by Gasteiger charge is 2.08. The largest absolute Gasteiger partial charge is 0.465 e. The molecule has 0 fully saturated rings. The lowest BCUT2D eigenvalue weighted by atomic mass is 10.6. The zero-order valence-electron chi connectivity index (χ0n) is 5.71. The molecule has 0 aromatic heterocycles. The van der Waals surface area contributed by atoms with E-state index in [1.165, 1.54) is 7.11 Å². The zero-order valence-corrected chi connectivity index (χ0v) is 5.71. The molecule has 5 heteroatoms. The summed E-state index contributed by atoms with van der Waals surface area (Å²) in [6.07, 6.45) is -1.17. The van der Waals surface area contributed by atoms with Gasteiger partial charge in [0.25, 0.3) is 0 Å². The molecule has 0 aliphatic heterocycles. The van der Waals surface area contributed by atoms with Gasteiger partial charge < -0.3 is 9.84 Å². The number of hydrogen-bond acceptors (Lipinski definition) is 2. The van der Waals surface area contributed by atoms with E-state index in [9.17, 15) is 9.18 Å². The van der Waals surface area contributed by atoms with Gasteiger partial charge in [0.1, 0.15) is 13.4 Å². The summed E-state index contributed by atoms with van der Waals surface area (Å²) in [7, 11) is 1.36. The van der Waals surface area contributed by atoms with Crippen LogP contribution in [-0.4, -0.2) is 43.2 Å². The first kappa shape index (κ1) is 9.16. The van der Waals surface area contributed by atoms with Gasteiger partial charge in [-0.3, -0.25) is 4.90 Å². The SMILES string of the molecule is COCN(CCF)C(=O)O. The standard InChI is InChI=1S/C5H10FNO3/c1-10-4-7(3-2-6)5(8)9/h2-4H2,1H3,(H,8,9). The Kier molecular flexibility index (Phi) is 4.57. The molecule has 0 saturated heterocycles. The van der Waals surface area contributed by atoms with Gasteiger partial charge in [0.2, 0.25) is 0 Å². The summed E-state index contributed by atoms with van der Waals surface area (Å²) in [5, 5.41) is 8.31. The monoisotopic (exact) mass is 151 g/mol. The molecule has 0 saturated carbocycles. The highest BCUT2D eigenvalue weighted by molar-refractivity contribution is 5.64. The third kappa shape index (κ3) is 3.24. The average Bonchev–Trinajstić information content (AvgIpc) is 1.87. The Morgan fingerprint density at radius 1 is 1.80 bits per heavy atom. The van der Waals surface area contributed by atoms with Crippen LogP contribution in [0, 0.1) is 0 Å². The molecule has 0 radical (unpaired) electrons. The number of methoxy groups -OCH3 is 1. The highest BCUT2D eigenvalue weighted by Crippen LogP contribution is 1.88. The molecule has 4 nitrogen and oxygen atoms in total. The number of rotatable bonds is 4. The van der Waals surface area contributed by atoms with E-state index in [-0.39, 0.29) is 13.3 Å². The first-order valence-electron chi connectivity index (χ1n) is 2.75. The summed E-state index contributed by atoms with van der Waals surface area (Å²) in [4.78, 5) is 11.0. The van der Waals surface area contributed by atoms with Crippen LogP contribution in [0.25, 0.3) is 0 Å². The predicted octanol–water partition coefficient (Wildman–Crippen LogP) is 0.540. The second-order valence-corrected chi connectivity index (χ2v) is 1.65. The quantitative estimate of drug-likeness (QED) is 0.596. The van der Waals surface area contributed by atoms with Crippen molar-refractivity contribution in [2.75, 3.05) is 27.1 Å². The fraction of sp³-hybridized carbons (Fsp3) is 0.800. The summed E-state index contributed by atoms with van der Waals surface area (Å²) in [6, 6.07) is 0. The normalized spacial score (nSPS) is 9.40. The topological polar surface area (TPSA) is 49.8 Å². The highest BCUT2D eigenvalue weighted by atomic mass is 19.1. The second kappa shape index (κ2) is 4.99. The van der Waals surface area contributed by atoms with Gasteiger partial charge in [-0.15, -0.1) is 0 Å². The van der Waals surface area contributed by atoms with Crippen molar-refractivity contribution >= 4 is 6.09 Å². The summed E-state index contributed by atoms with van der Waals surface area (Å²) >= 11 is 0. The van der Waals surface area contributed by atoms with Crippen molar-refractivity contribution in [2.45, 2.75) is 0 Å². The Balaban J connectivity index is 3.61. The van der Waals surface area contributed by atoms with Crippen LogP contribution < -0.4 is 0 Å². The van der Waals surface area contributed by atoms with E-state index >= 15 is 0 Å². The number of carboxylic acid groups (broad SMARTS) is 1.